The predicted octanol–water partition coefficient (Wildman–Crippen LogP) is 2.65. The number of carbonyl (C=O) groups is 1. The maximum atomic E-state index is 11.7. The van der Waals surface area contributed by atoms with E-state index >= 15 is 0 Å². The first-order chi connectivity index (χ1) is 11.6. The monoisotopic (exact) mass is 386 g/mol. The molecule has 10 heteroatoms. The first-order valence-electron chi connectivity index (χ1n) is 7.59. The molecular formula is C15H23BF4O4S. The third-order valence-electron chi connectivity index (χ3n) is 2.66. The van der Waals surface area contributed by atoms with Crippen LogP contribution in [0.5, 0.6) is 0 Å². The van der Waals surface area contributed by atoms with Crippen LogP contribution in [0.15, 0.2) is 24.3 Å². The van der Waals surface area contributed by atoms with E-state index in [0.29, 0.717) is 17.1 Å². The van der Waals surface area contributed by atoms with E-state index in [1.54, 1.807) is 12.1 Å². The van der Waals surface area contributed by atoms with E-state index in [1.165, 1.54) is 0 Å². The number of aliphatic hydroxyl groups excluding tert-OH is 2. The van der Waals surface area contributed by atoms with Gasteiger partial charge in [0, 0.05) is 5.56 Å². The molecule has 2 N–H and O–H groups in total. The summed E-state index contributed by atoms with van der Waals surface area (Å²) in [5.74, 6) is 1.92. The summed E-state index contributed by atoms with van der Waals surface area (Å²) >= 11 is 0. The fourth-order valence-electron chi connectivity index (χ4n) is 1.76. The summed E-state index contributed by atoms with van der Waals surface area (Å²) in [5.41, 5.74) is 1.66. The van der Waals surface area contributed by atoms with Gasteiger partial charge < -0.3 is 32.2 Å². The quantitative estimate of drug-likeness (QED) is 0.312. The molecular weight excluding hydrogens is 363 g/mol. The minimum Gasteiger partial charge on any atom is -0.459 e. The molecule has 0 amide bonds. The van der Waals surface area contributed by atoms with Crippen LogP contribution in [0.3, 0.4) is 0 Å². The molecule has 0 heterocycles. The lowest BCUT2D eigenvalue weighted by atomic mass is 10.1. The van der Waals surface area contributed by atoms with E-state index in [4.69, 9.17) is 14.9 Å². The molecule has 0 bridgehead atoms. The van der Waals surface area contributed by atoms with Crippen LogP contribution >= 0.6 is 0 Å². The highest BCUT2D eigenvalue weighted by molar-refractivity contribution is 7.96. The fraction of sp³-hybridized carbons (Fsp3) is 0.533. The van der Waals surface area contributed by atoms with Gasteiger partial charge in [-0.15, -0.1) is 0 Å². The molecule has 0 fully saturated rings. The molecule has 0 saturated heterocycles. The van der Waals surface area contributed by atoms with Gasteiger partial charge in [-0.2, -0.15) is 0 Å². The highest BCUT2D eigenvalue weighted by atomic mass is 32.2. The Labute approximate surface area is 147 Å². The maximum absolute atomic E-state index is 11.7. The van der Waals surface area contributed by atoms with Gasteiger partial charge in [0.15, 0.2) is 0 Å². The highest BCUT2D eigenvalue weighted by Gasteiger charge is 2.20. The zero-order valence-corrected chi connectivity index (χ0v) is 14.9. The van der Waals surface area contributed by atoms with Crippen molar-refractivity contribution in [2.24, 2.45) is 0 Å². The van der Waals surface area contributed by atoms with Gasteiger partial charge in [-0.25, -0.2) is 4.79 Å². The van der Waals surface area contributed by atoms with E-state index < -0.39 is 7.25 Å². The van der Waals surface area contributed by atoms with Gasteiger partial charge >= 0.3 is 13.2 Å². The molecule has 25 heavy (non-hydrogen) atoms. The molecule has 1 rings (SSSR count). The van der Waals surface area contributed by atoms with E-state index in [2.05, 4.69) is 0 Å². The van der Waals surface area contributed by atoms with Crippen molar-refractivity contribution in [3.8, 4) is 0 Å². The molecule has 0 saturated carbocycles. The Morgan fingerprint density at radius 2 is 1.52 bits per heavy atom. The van der Waals surface area contributed by atoms with E-state index in [-0.39, 0.29) is 36.2 Å². The average molecular weight is 386 g/mol. The molecule has 0 aliphatic heterocycles. The summed E-state index contributed by atoms with van der Waals surface area (Å²) < 4.78 is 44.1. The molecule has 144 valence electrons. The van der Waals surface area contributed by atoms with Crippen molar-refractivity contribution < 1.29 is 37.0 Å². The lowest BCUT2D eigenvalue weighted by Crippen LogP contribution is -2.19. The molecule has 0 spiro atoms. The molecule has 1 aromatic carbocycles. The Bertz CT molecular complexity index is 485. The van der Waals surface area contributed by atoms with Gasteiger partial charge in [0.25, 0.3) is 0 Å². The van der Waals surface area contributed by atoms with Crippen LogP contribution in [0.2, 0.25) is 0 Å². The van der Waals surface area contributed by atoms with Crippen molar-refractivity contribution in [1.82, 2.24) is 0 Å². The van der Waals surface area contributed by atoms with Crippen LogP contribution in [0.25, 0.3) is 0 Å². The molecule has 4 nitrogen and oxygen atoms in total. The van der Waals surface area contributed by atoms with Gasteiger partial charge in [0.05, 0.1) is 24.9 Å². The first kappa shape index (κ1) is 23.7. The molecule has 0 aliphatic carbocycles. The fourth-order valence-corrected chi connectivity index (χ4v) is 3.43. The van der Waals surface area contributed by atoms with E-state index in [9.17, 15) is 22.1 Å². The van der Waals surface area contributed by atoms with Crippen LogP contribution < -0.4 is 0 Å². The van der Waals surface area contributed by atoms with Crippen molar-refractivity contribution in [2.75, 3.05) is 24.7 Å². The van der Waals surface area contributed by atoms with Crippen LogP contribution in [-0.4, -0.2) is 54.3 Å². The van der Waals surface area contributed by atoms with Crippen molar-refractivity contribution in [3.05, 3.63) is 35.4 Å². The van der Waals surface area contributed by atoms with Crippen LogP contribution in [0.1, 0.15) is 29.8 Å². The number of esters is 1. The zero-order valence-electron chi connectivity index (χ0n) is 14.1. The van der Waals surface area contributed by atoms with Crippen molar-refractivity contribution in [2.45, 2.75) is 25.7 Å². The number of hydrogen-bond acceptors (Lipinski definition) is 4. The second kappa shape index (κ2) is 12.2. The van der Waals surface area contributed by atoms with Crippen LogP contribution in [-0.2, 0) is 21.4 Å². The van der Waals surface area contributed by atoms with Crippen molar-refractivity contribution in [3.63, 3.8) is 0 Å². The third kappa shape index (κ3) is 13.7. The number of hydrogen-bond donors (Lipinski definition) is 2. The lowest BCUT2D eigenvalue weighted by molar-refractivity contribution is 0.0378. The van der Waals surface area contributed by atoms with Gasteiger partial charge in [-0.3, -0.25) is 0 Å². The first-order valence-corrected chi connectivity index (χ1v) is 9.33. The van der Waals surface area contributed by atoms with E-state index in [0.717, 1.165) is 11.3 Å². The van der Waals surface area contributed by atoms with Crippen molar-refractivity contribution in [1.29, 1.82) is 0 Å². The molecule has 0 aliphatic rings. The Kier molecular flexibility index (Phi) is 11.5. The van der Waals surface area contributed by atoms with Gasteiger partial charge in [-0.1, -0.05) is 12.1 Å². The lowest BCUT2D eigenvalue weighted by Gasteiger charge is -2.09. The number of rotatable bonds is 8. The number of ether oxygens (including phenoxy) is 1. The number of benzene rings is 1. The number of carbonyl (C=O) groups excluding carboxylic acids is 1. The largest absolute Gasteiger partial charge is 0.673 e. The van der Waals surface area contributed by atoms with E-state index in [1.807, 2.05) is 26.0 Å². The Hall–Kier alpha value is -1.26. The Morgan fingerprint density at radius 3 is 1.88 bits per heavy atom. The summed E-state index contributed by atoms with van der Waals surface area (Å²) in [6.07, 6.45) is -0.123. The van der Waals surface area contributed by atoms with Gasteiger partial charge in [-0.05, 0) is 36.9 Å². The summed E-state index contributed by atoms with van der Waals surface area (Å²) in [6.45, 7) is 3.92. The smallest absolute Gasteiger partial charge is 0.459 e. The molecule has 0 aromatic heterocycles. The van der Waals surface area contributed by atoms with Crippen molar-refractivity contribution >= 4 is 24.1 Å². The zero-order chi connectivity index (χ0) is 19.5. The molecule has 0 unspecified atom stereocenters. The molecule has 0 radical (unpaired) electrons. The Morgan fingerprint density at radius 1 is 1.08 bits per heavy atom. The third-order valence-corrected chi connectivity index (χ3v) is 4.92. The maximum Gasteiger partial charge on any atom is 0.673 e. The minimum absolute atomic E-state index is 0.0181. The van der Waals surface area contributed by atoms with Gasteiger partial charge in [0.2, 0.25) is 0 Å². The normalized spacial score (nSPS) is 11.3. The van der Waals surface area contributed by atoms with Gasteiger partial charge in [0.1, 0.15) is 17.3 Å². The summed E-state index contributed by atoms with van der Waals surface area (Å²) in [4.78, 5) is 11.7. The highest BCUT2D eigenvalue weighted by Crippen LogP contribution is 2.12. The van der Waals surface area contributed by atoms with Crippen LogP contribution in [0, 0.1) is 0 Å². The van der Waals surface area contributed by atoms with Crippen LogP contribution in [0.4, 0.5) is 17.3 Å². The predicted molar refractivity (Wildman–Crippen MR) is 92.2 cm³/mol. The number of aliphatic hydroxyl groups is 2. The SMILES string of the molecule is CC(C)OC(=O)c1ccc(C[S+](CCO)CCO)cc1.F[B-](F)(F)F. The second-order valence-corrected chi connectivity index (χ2v) is 7.59. The topological polar surface area (TPSA) is 66.8 Å². The molecule has 1 aromatic rings. The number of halogens is 4. The molecule has 0 atom stereocenters. The summed E-state index contributed by atoms with van der Waals surface area (Å²) in [5, 5.41) is 18.0. The summed E-state index contributed by atoms with van der Waals surface area (Å²) in [7, 11) is -6.02. The summed E-state index contributed by atoms with van der Waals surface area (Å²) in [6, 6.07) is 7.34. The standard InChI is InChI=1S/C15H23O4S.BF4/c1-12(2)19-15(18)14-5-3-13(4-6-14)11-20(9-7-16)10-8-17;2-1(3,4)5/h3-6,12,16-17H,7-11H2,1-2H3;/q+1;-1. The minimum atomic E-state index is -6.00. The Balaban J connectivity index is 0.00000101. The second-order valence-electron chi connectivity index (χ2n) is 5.26. The average Bonchev–Trinajstić information content (AvgIpc) is 2.46.